The Morgan fingerprint density at radius 3 is 2.40 bits per heavy atom. The minimum atomic E-state index is -0.825. The first kappa shape index (κ1) is 17.1. The Morgan fingerprint density at radius 2 is 1.90 bits per heavy atom. The van der Waals surface area contributed by atoms with E-state index >= 15 is 0 Å². The average molecular weight is 286 g/mol. The molecule has 0 aliphatic carbocycles. The molecule has 0 radical (unpaired) electrons. The van der Waals surface area contributed by atoms with Crippen molar-refractivity contribution in [2.75, 3.05) is 6.61 Å². The highest BCUT2D eigenvalue weighted by molar-refractivity contribution is 5.70. The smallest absolute Gasteiger partial charge is 0.308 e. The number of carbonyl (C=O) groups excluding carboxylic acids is 2. The van der Waals surface area contributed by atoms with E-state index < -0.39 is 11.2 Å². The summed E-state index contributed by atoms with van der Waals surface area (Å²) in [5.41, 5.74) is -0.456. The molecule has 0 aromatic carbocycles. The first-order chi connectivity index (χ1) is 9.14. The van der Waals surface area contributed by atoms with Crippen LogP contribution in [0.2, 0.25) is 0 Å². The highest BCUT2D eigenvalue weighted by Crippen LogP contribution is 2.43. The van der Waals surface area contributed by atoms with Crippen LogP contribution in [0.25, 0.3) is 0 Å². The van der Waals surface area contributed by atoms with Gasteiger partial charge in [-0.15, -0.1) is 0 Å². The Balaban J connectivity index is 2.96. The molecule has 1 saturated heterocycles. The van der Waals surface area contributed by atoms with Crippen LogP contribution in [0.4, 0.5) is 0 Å². The number of hydrogen-bond donors (Lipinski definition) is 0. The van der Waals surface area contributed by atoms with Gasteiger partial charge in [0, 0.05) is 11.3 Å². The third kappa shape index (κ3) is 3.79. The van der Waals surface area contributed by atoms with E-state index in [4.69, 9.17) is 14.2 Å². The van der Waals surface area contributed by atoms with Crippen molar-refractivity contribution in [3.8, 4) is 0 Å². The molecule has 0 bridgehead atoms. The predicted octanol–water partition coefficient (Wildman–Crippen LogP) is 2.32. The summed E-state index contributed by atoms with van der Waals surface area (Å²) in [6.07, 6.45) is 0.395. The van der Waals surface area contributed by atoms with Gasteiger partial charge in [-0.2, -0.15) is 0 Å². The monoisotopic (exact) mass is 286 g/mol. The Morgan fingerprint density at radius 1 is 1.30 bits per heavy atom. The van der Waals surface area contributed by atoms with E-state index in [1.54, 1.807) is 20.8 Å². The second kappa shape index (κ2) is 6.22. The van der Waals surface area contributed by atoms with E-state index in [1.165, 1.54) is 0 Å². The minimum absolute atomic E-state index is 0.162. The van der Waals surface area contributed by atoms with Crippen LogP contribution in [0.1, 0.15) is 48.0 Å². The third-order valence-corrected chi connectivity index (χ3v) is 3.75. The molecule has 0 aromatic heterocycles. The summed E-state index contributed by atoms with van der Waals surface area (Å²) in [5.74, 6) is -1.38. The van der Waals surface area contributed by atoms with Gasteiger partial charge >= 0.3 is 5.97 Å². The first-order valence-electron chi connectivity index (χ1n) is 7.10. The van der Waals surface area contributed by atoms with Gasteiger partial charge in [0.05, 0.1) is 25.2 Å². The largest absolute Gasteiger partial charge is 0.466 e. The molecule has 3 atom stereocenters. The highest BCUT2D eigenvalue weighted by Gasteiger charge is 2.51. The molecule has 1 heterocycles. The molecule has 0 aromatic rings. The van der Waals surface area contributed by atoms with Gasteiger partial charge in [-0.25, -0.2) is 0 Å². The summed E-state index contributed by atoms with van der Waals surface area (Å²) >= 11 is 0. The van der Waals surface area contributed by atoms with Crippen LogP contribution in [0.3, 0.4) is 0 Å². The van der Waals surface area contributed by atoms with E-state index in [1.807, 2.05) is 20.8 Å². The fourth-order valence-electron chi connectivity index (χ4n) is 2.70. The second-order valence-corrected chi connectivity index (χ2v) is 6.37. The van der Waals surface area contributed by atoms with Crippen LogP contribution in [-0.2, 0) is 23.8 Å². The van der Waals surface area contributed by atoms with E-state index in [2.05, 4.69) is 0 Å². The van der Waals surface area contributed by atoms with Crippen molar-refractivity contribution in [2.24, 2.45) is 11.3 Å². The summed E-state index contributed by atoms with van der Waals surface area (Å²) in [6, 6.07) is 0. The van der Waals surface area contributed by atoms with Crippen LogP contribution in [0.5, 0.6) is 0 Å². The maximum Gasteiger partial charge on any atom is 0.308 e. The van der Waals surface area contributed by atoms with Crippen molar-refractivity contribution in [3.63, 3.8) is 0 Å². The van der Waals surface area contributed by atoms with E-state index in [0.29, 0.717) is 6.61 Å². The van der Waals surface area contributed by atoms with Gasteiger partial charge in [-0.05, 0) is 20.8 Å². The Bertz CT molecular complexity index is 361. The van der Waals surface area contributed by atoms with E-state index in [0.717, 1.165) is 6.29 Å². The average Bonchev–Trinajstić information content (AvgIpc) is 2.33. The lowest BCUT2D eigenvalue weighted by Gasteiger charge is -2.51. The third-order valence-electron chi connectivity index (χ3n) is 3.75. The summed E-state index contributed by atoms with van der Waals surface area (Å²) in [4.78, 5) is 22.9. The molecule has 5 nitrogen and oxygen atoms in total. The van der Waals surface area contributed by atoms with E-state index in [-0.39, 0.29) is 30.5 Å². The summed E-state index contributed by atoms with van der Waals surface area (Å²) in [6.45, 7) is 11.4. The Hall–Kier alpha value is -0.940. The van der Waals surface area contributed by atoms with Gasteiger partial charge in [-0.3, -0.25) is 4.79 Å². The molecule has 1 rings (SSSR count). The molecule has 0 spiro atoms. The molecule has 20 heavy (non-hydrogen) atoms. The number of hydrogen-bond acceptors (Lipinski definition) is 5. The zero-order valence-corrected chi connectivity index (χ0v) is 13.3. The standard InChI is InChI=1S/C15H26O5/c1-7-18-12(17)8-11-14(3,4)13(10(2)9-16)20-15(5,6)19-11/h9-11,13H,7-8H2,1-6H3/t10-,11+,13+/m1/s1. The summed E-state index contributed by atoms with van der Waals surface area (Å²) in [5, 5.41) is 0. The van der Waals surface area contributed by atoms with Crippen molar-refractivity contribution in [1.29, 1.82) is 0 Å². The van der Waals surface area contributed by atoms with Crippen molar-refractivity contribution >= 4 is 12.3 Å². The highest BCUT2D eigenvalue weighted by atomic mass is 16.7. The van der Waals surface area contributed by atoms with Crippen molar-refractivity contribution in [1.82, 2.24) is 0 Å². The van der Waals surface area contributed by atoms with Gasteiger partial charge in [0.2, 0.25) is 0 Å². The number of ether oxygens (including phenoxy) is 3. The van der Waals surface area contributed by atoms with Crippen molar-refractivity contribution in [2.45, 2.75) is 66.0 Å². The number of aldehydes is 1. The maximum absolute atomic E-state index is 11.7. The fraction of sp³-hybridized carbons (Fsp3) is 0.867. The minimum Gasteiger partial charge on any atom is -0.466 e. The van der Waals surface area contributed by atoms with Gasteiger partial charge in [0.15, 0.2) is 5.79 Å². The number of rotatable bonds is 5. The molecule has 0 N–H and O–H groups in total. The number of carbonyl (C=O) groups is 2. The molecule has 116 valence electrons. The zero-order valence-electron chi connectivity index (χ0n) is 13.3. The SMILES string of the molecule is CCOC(=O)C[C@@H]1OC(C)(C)O[C@@H]([C@H](C)C=O)C1(C)C. The van der Waals surface area contributed by atoms with Crippen molar-refractivity contribution in [3.05, 3.63) is 0 Å². The molecule has 0 saturated carbocycles. The molecular formula is C15H26O5. The van der Waals surface area contributed by atoms with Gasteiger partial charge in [0.1, 0.15) is 6.29 Å². The maximum atomic E-state index is 11.7. The topological polar surface area (TPSA) is 61.8 Å². The lowest BCUT2D eigenvalue weighted by atomic mass is 9.73. The molecule has 1 fully saturated rings. The molecular weight excluding hydrogens is 260 g/mol. The van der Waals surface area contributed by atoms with Crippen LogP contribution in [0.15, 0.2) is 0 Å². The Kier molecular flexibility index (Phi) is 5.33. The van der Waals surface area contributed by atoms with Crippen LogP contribution >= 0.6 is 0 Å². The fourth-order valence-corrected chi connectivity index (χ4v) is 2.70. The quantitative estimate of drug-likeness (QED) is 0.573. The van der Waals surface area contributed by atoms with Crippen molar-refractivity contribution < 1.29 is 23.8 Å². The van der Waals surface area contributed by atoms with Crippen LogP contribution in [-0.4, -0.2) is 36.9 Å². The lowest BCUT2D eigenvalue weighted by Crippen LogP contribution is -2.58. The zero-order chi connectivity index (χ0) is 15.6. The molecule has 1 aliphatic rings. The van der Waals surface area contributed by atoms with Crippen LogP contribution in [0, 0.1) is 11.3 Å². The summed E-state index contributed by atoms with van der Waals surface area (Å²) in [7, 11) is 0. The molecule has 0 amide bonds. The molecule has 1 aliphatic heterocycles. The molecule has 5 heteroatoms. The predicted molar refractivity (Wildman–Crippen MR) is 74.1 cm³/mol. The number of esters is 1. The first-order valence-corrected chi connectivity index (χ1v) is 7.10. The van der Waals surface area contributed by atoms with E-state index in [9.17, 15) is 9.59 Å². The van der Waals surface area contributed by atoms with Gasteiger partial charge in [0.25, 0.3) is 0 Å². The summed E-state index contributed by atoms with van der Waals surface area (Å²) < 4.78 is 16.8. The Labute approximate surface area is 121 Å². The van der Waals surface area contributed by atoms with Gasteiger partial charge < -0.3 is 19.0 Å². The van der Waals surface area contributed by atoms with Crippen LogP contribution < -0.4 is 0 Å². The molecule has 0 unspecified atom stereocenters. The van der Waals surface area contributed by atoms with Gasteiger partial charge in [-0.1, -0.05) is 20.8 Å². The second-order valence-electron chi connectivity index (χ2n) is 6.37. The normalized spacial score (nSPS) is 29.5. The lowest BCUT2D eigenvalue weighted by molar-refractivity contribution is -0.347.